The van der Waals surface area contributed by atoms with E-state index in [1.807, 2.05) is 17.5 Å². The molecular formula is C14H17NO3S. The first-order valence-corrected chi connectivity index (χ1v) is 7.56. The number of carbonyl (C=O) groups is 2. The van der Waals surface area contributed by atoms with Crippen LogP contribution < -0.4 is 5.32 Å². The van der Waals surface area contributed by atoms with Gasteiger partial charge >= 0.3 is 5.97 Å². The van der Waals surface area contributed by atoms with Crippen molar-refractivity contribution in [1.82, 2.24) is 5.32 Å². The summed E-state index contributed by atoms with van der Waals surface area (Å²) in [7, 11) is 0. The van der Waals surface area contributed by atoms with Gasteiger partial charge in [-0.1, -0.05) is 6.07 Å². The maximum absolute atomic E-state index is 12.2. The Labute approximate surface area is 116 Å². The highest BCUT2D eigenvalue weighted by atomic mass is 32.1. The summed E-state index contributed by atoms with van der Waals surface area (Å²) in [6.45, 7) is 2.13. The second-order valence-corrected chi connectivity index (χ2v) is 6.17. The fraction of sp³-hybridized carbons (Fsp3) is 0.571. The predicted molar refractivity (Wildman–Crippen MR) is 71.9 cm³/mol. The van der Waals surface area contributed by atoms with E-state index < -0.39 is 6.04 Å². The Bertz CT molecular complexity index is 495. The first-order chi connectivity index (χ1) is 9.18. The Morgan fingerprint density at radius 1 is 1.58 bits per heavy atom. The molecule has 0 radical (unpaired) electrons. The second-order valence-electron chi connectivity index (χ2n) is 5.22. The van der Waals surface area contributed by atoms with E-state index in [1.54, 1.807) is 18.3 Å². The predicted octanol–water partition coefficient (Wildman–Crippen LogP) is 1.85. The van der Waals surface area contributed by atoms with Crippen molar-refractivity contribution < 1.29 is 14.3 Å². The van der Waals surface area contributed by atoms with Crippen LogP contribution in [0.3, 0.4) is 0 Å². The van der Waals surface area contributed by atoms with Crippen LogP contribution in [0, 0.1) is 5.92 Å². The van der Waals surface area contributed by atoms with Gasteiger partial charge in [0, 0.05) is 16.7 Å². The smallest absolute Gasteiger partial charge is 0.329 e. The maximum Gasteiger partial charge on any atom is 0.329 e. The molecule has 5 heteroatoms. The van der Waals surface area contributed by atoms with Gasteiger partial charge in [-0.05, 0) is 37.1 Å². The van der Waals surface area contributed by atoms with E-state index in [0.717, 1.165) is 17.7 Å². The van der Waals surface area contributed by atoms with E-state index >= 15 is 0 Å². The van der Waals surface area contributed by atoms with Crippen LogP contribution >= 0.6 is 11.3 Å². The molecule has 2 heterocycles. The number of thiophene rings is 1. The van der Waals surface area contributed by atoms with Gasteiger partial charge in [-0.25, -0.2) is 4.79 Å². The quantitative estimate of drug-likeness (QED) is 0.856. The van der Waals surface area contributed by atoms with Crippen molar-refractivity contribution in [2.75, 3.05) is 6.61 Å². The molecule has 2 unspecified atom stereocenters. The lowest BCUT2D eigenvalue weighted by Crippen LogP contribution is -2.48. The molecule has 0 bridgehead atoms. The molecule has 2 aliphatic rings. The minimum absolute atomic E-state index is 0.0432. The number of esters is 1. The molecule has 1 aliphatic heterocycles. The molecule has 1 N–H and O–H groups in total. The minimum Gasteiger partial charge on any atom is -0.464 e. The Balaban J connectivity index is 2.01. The highest BCUT2D eigenvalue weighted by molar-refractivity contribution is 7.10. The molecule has 0 aromatic carbocycles. The van der Waals surface area contributed by atoms with E-state index in [9.17, 15) is 9.59 Å². The number of hydrogen-bond acceptors (Lipinski definition) is 4. The summed E-state index contributed by atoms with van der Waals surface area (Å²) >= 11 is 1.63. The lowest BCUT2D eigenvalue weighted by Gasteiger charge is -2.32. The third-order valence-electron chi connectivity index (χ3n) is 4.08. The molecule has 4 nitrogen and oxygen atoms in total. The summed E-state index contributed by atoms with van der Waals surface area (Å²) in [5.74, 6) is 0.0755. The number of ether oxygens (including phenoxy) is 1. The summed E-state index contributed by atoms with van der Waals surface area (Å²) < 4.78 is 5.16. The molecule has 19 heavy (non-hydrogen) atoms. The van der Waals surface area contributed by atoms with Crippen molar-refractivity contribution in [2.24, 2.45) is 5.92 Å². The standard InChI is InChI=1S/C14H17NO3S/c1-2-18-13(17)12-14(9-5-6-9,8-11(16)15-12)10-4-3-7-19-10/h3-4,7,9,12H,2,5-6,8H2,1H3,(H,15,16). The Hall–Kier alpha value is -1.36. The fourth-order valence-corrected chi connectivity index (χ4v) is 4.19. The van der Waals surface area contributed by atoms with Crippen molar-refractivity contribution in [2.45, 2.75) is 37.6 Å². The normalized spacial score (nSPS) is 30.2. The number of amides is 1. The van der Waals surface area contributed by atoms with Crippen molar-refractivity contribution in [3.8, 4) is 0 Å². The van der Waals surface area contributed by atoms with E-state index in [-0.39, 0.29) is 17.3 Å². The molecular weight excluding hydrogens is 262 g/mol. The molecule has 102 valence electrons. The van der Waals surface area contributed by atoms with Crippen LogP contribution in [0.2, 0.25) is 0 Å². The summed E-state index contributed by atoms with van der Waals surface area (Å²) in [6, 6.07) is 3.50. The molecule has 1 aromatic heterocycles. The number of rotatable bonds is 4. The fourth-order valence-electron chi connectivity index (χ4n) is 3.16. The van der Waals surface area contributed by atoms with Crippen LogP contribution in [0.25, 0.3) is 0 Å². The Morgan fingerprint density at radius 3 is 2.95 bits per heavy atom. The van der Waals surface area contributed by atoms with Gasteiger partial charge in [0.15, 0.2) is 0 Å². The molecule has 1 aromatic rings. The summed E-state index contributed by atoms with van der Waals surface area (Å²) in [4.78, 5) is 25.2. The van der Waals surface area contributed by atoms with Crippen molar-refractivity contribution in [3.05, 3.63) is 22.4 Å². The lowest BCUT2D eigenvalue weighted by molar-refractivity contribution is -0.147. The van der Waals surface area contributed by atoms with Crippen LogP contribution in [0.4, 0.5) is 0 Å². The zero-order valence-corrected chi connectivity index (χ0v) is 11.7. The van der Waals surface area contributed by atoms with Gasteiger partial charge in [0.05, 0.1) is 6.61 Å². The number of carbonyl (C=O) groups excluding carboxylic acids is 2. The van der Waals surface area contributed by atoms with Crippen LogP contribution in [0.1, 0.15) is 31.1 Å². The zero-order valence-electron chi connectivity index (χ0n) is 10.8. The average molecular weight is 279 g/mol. The molecule has 1 aliphatic carbocycles. The highest BCUT2D eigenvalue weighted by Gasteiger charge is 2.60. The Kier molecular flexibility index (Phi) is 3.09. The monoisotopic (exact) mass is 279 g/mol. The number of nitrogens with one attached hydrogen (secondary N) is 1. The molecule has 0 spiro atoms. The topological polar surface area (TPSA) is 55.4 Å². The van der Waals surface area contributed by atoms with Gasteiger partial charge in [0.2, 0.25) is 5.91 Å². The lowest BCUT2D eigenvalue weighted by atomic mass is 9.74. The molecule has 2 fully saturated rings. The first kappa shape index (κ1) is 12.7. The SMILES string of the molecule is CCOC(=O)C1NC(=O)CC1(c1cccs1)C1CC1. The summed E-state index contributed by atoms with van der Waals surface area (Å²) in [5, 5.41) is 4.84. The van der Waals surface area contributed by atoms with Gasteiger partial charge in [0.1, 0.15) is 6.04 Å². The van der Waals surface area contributed by atoms with E-state index in [4.69, 9.17) is 4.74 Å². The van der Waals surface area contributed by atoms with Gasteiger partial charge < -0.3 is 10.1 Å². The zero-order chi connectivity index (χ0) is 13.5. The minimum atomic E-state index is -0.522. The van der Waals surface area contributed by atoms with Crippen LogP contribution in [0.5, 0.6) is 0 Å². The van der Waals surface area contributed by atoms with Gasteiger partial charge in [-0.2, -0.15) is 0 Å². The average Bonchev–Trinajstić information content (AvgIpc) is 2.97. The van der Waals surface area contributed by atoms with Crippen LogP contribution in [0.15, 0.2) is 17.5 Å². The summed E-state index contributed by atoms with van der Waals surface area (Å²) in [6.07, 6.45) is 2.58. The summed E-state index contributed by atoms with van der Waals surface area (Å²) in [5.41, 5.74) is -0.377. The molecule has 3 rings (SSSR count). The third kappa shape index (κ3) is 1.96. The van der Waals surface area contributed by atoms with Crippen LogP contribution in [-0.2, 0) is 19.7 Å². The largest absolute Gasteiger partial charge is 0.464 e. The number of hydrogen-bond donors (Lipinski definition) is 1. The first-order valence-electron chi connectivity index (χ1n) is 6.68. The van der Waals surface area contributed by atoms with Gasteiger partial charge in [0.25, 0.3) is 0 Å². The van der Waals surface area contributed by atoms with Crippen molar-refractivity contribution >= 4 is 23.2 Å². The molecule has 1 saturated carbocycles. The van der Waals surface area contributed by atoms with Crippen molar-refractivity contribution in [3.63, 3.8) is 0 Å². The Morgan fingerprint density at radius 2 is 2.37 bits per heavy atom. The maximum atomic E-state index is 12.2. The molecule has 1 amide bonds. The van der Waals surface area contributed by atoms with E-state index in [2.05, 4.69) is 5.32 Å². The van der Waals surface area contributed by atoms with E-state index in [0.29, 0.717) is 18.9 Å². The van der Waals surface area contributed by atoms with Gasteiger partial charge in [-0.15, -0.1) is 11.3 Å². The highest BCUT2D eigenvalue weighted by Crippen LogP contribution is 2.54. The van der Waals surface area contributed by atoms with E-state index in [1.165, 1.54) is 0 Å². The molecule has 2 atom stereocenters. The van der Waals surface area contributed by atoms with Crippen molar-refractivity contribution in [1.29, 1.82) is 0 Å². The second kappa shape index (κ2) is 4.63. The molecule has 1 saturated heterocycles. The van der Waals surface area contributed by atoms with Crippen LogP contribution in [-0.4, -0.2) is 24.5 Å². The van der Waals surface area contributed by atoms with Gasteiger partial charge in [-0.3, -0.25) is 4.79 Å². The third-order valence-corrected chi connectivity index (χ3v) is 5.14.